The van der Waals surface area contributed by atoms with Crippen LogP contribution in [0.3, 0.4) is 0 Å². The lowest BCUT2D eigenvalue weighted by Gasteiger charge is -2.35. The fourth-order valence-electron chi connectivity index (χ4n) is 4.21. The van der Waals surface area contributed by atoms with Gasteiger partial charge in [0.2, 0.25) is 0 Å². The van der Waals surface area contributed by atoms with E-state index in [1.54, 1.807) is 11.3 Å². The van der Waals surface area contributed by atoms with E-state index in [1.165, 1.54) is 5.56 Å². The first-order valence-corrected chi connectivity index (χ1v) is 12.2. The minimum absolute atomic E-state index is 0.0719. The summed E-state index contributed by atoms with van der Waals surface area (Å²) in [6.45, 7) is 12.5. The number of anilines is 1. The minimum Gasteiger partial charge on any atom is -0.345 e. The molecule has 2 saturated heterocycles. The van der Waals surface area contributed by atoms with Crippen molar-refractivity contribution in [2.75, 3.05) is 70.3 Å². The van der Waals surface area contributed by atoms with Crippen molar-refractivity contribution in [2.45, 2.75) is 19.9 Å². The van der Waals surface area contributed by atoms with E-state index in [2.05, 4.69) is 60.7 Å². The van der Waals surface area contributed by atoms with Gasteiger partial charge in [0.25, 0.3) is 0 Å². The molecule has 0 aliphatic carbocycles. The van der Waals surface area contributed by atoms with Crippen LogP contribution in [0.25, 0.3) is 0 Å². The summed E-state index contributed by atoms with van der Waals surface area (Å²) in [4.78, 5) is 26.3. The number of nitrogens with one attached hydrogen (secondary N) is 1. The number of aromatic nitrogens is 1. The van der Waals surface area contributed by atoms with E-state index in [0.29, 0.717) is 0 Å². The molecule has 1 aromatic heterocycles. The molecule has 4 rings (SSSR count). The van der Waals surface area contributed by atoms with Crippen LogP contribution in [-0.4, -0.2) is 91.2 Å². The van der Waals surface area contributed by atoms with Gasteiger partial charge in [0.15, 0.2) is 5.13 Å². The van der Waals surface area contributed by atoms with Gasteiger partial charge in [0.05, 0.1) is 5.69 Å². The maximum Gasteiger partial charge on any atom is 0.317 e. The Balaban J connectivity index is 1.07. The third kappa shape index (κ3) is 6.41. The number of benzene rings is 1. The highest BCUT2D eigenvalue weighted by molar-refractivity contribution is 7.13. The number of rotatable bonds is 7. The van der Waals surface area contributed by atoms with E-state index in [9.17, 15) is 4.79 Å². The highest BCUT2D eigenvalue weighted by atomic mass is 32.1. The number of amides is 2. The Labute approximate surface area is 189 Å². The number of aryl methyl sites for hydroxylation is 1. The Morgan fingerprint density at radius 1 is 1.00 bits per heavy atom. The molecule has 2 aliphatic heterocycles. The highest BCUT2D eigenvalue weighted by Gasteiger charge is 2.22. The van der Waals surface area contributed by atoms with Crippen LogP contribution in [0, 0.1) is 6.92 Å². The molecule has 0 saturated carbocycles. The van der Waals surface area contributed by atoms with Crippen LogP contribution >= 0.6 is 11.3 Å². The van der Waals surface area contributed by atoms with E-state index in [1.807, 2.05) is 11.8 Å². The minimum atomic E-state index is 0.0719. The standard InChI is InChI=1S/C23H34N6OS/c1-20-19-31-23(25-20)29-16-14-28(15-17-29)22(30)24-8-5-9-26-10-12-27(13-11-26)18-21-6-3-2-4-7-21/h2-4,6-7,19H,5,8-18H2,1H3,(H,24,30). The third-order valence-electron chi connectivity index (χ3n) is 6.09. The van der Waals surface area contributed by atoms with Crippen LogP contribution in [0.15, 0.2) is 35.7 Å². The number of hydrogen-bond acceptors (Lipinski definition) is 6. The van der Waals surface area contributed by atoms with Crippen molar-refractivity contribution >= 4 is 22.5 Å². The lowest BCUT2D eigenvalue weighted by molar-refractivity contribution is 0.126. The van der Waals surface area contributed by atoms with Gasteiger partial charge in [-0.1, -0.05) is 30.3 Å². The van der Waals surface area contributed by atoms with Crippen molar-refractivity contribution in [3.8, 4) is 0 Å². The molecule has 2 fully saturated rings. The summed E-state index contributed by atoms with van der Waals surface area (Å²) in [5.41, 5.74) is 2.46. The van der Waals surface area contributed by atoms with Gasteiger partial charge in [-0.05, 0) is 25.5 Å². The van der Waals surface area contributed by atoms with E-state index in [0.717, 1.165) is 89.2 Å². The second-order valence-electron chi connectivity index (χ2n) is 8.43. The van der Waals surface area contributed by atoms with Crippen LogP contribution in [-0.2, 0) is 6.54 Å². The molecule has 0 unspecified atom stereocenters. The van der Waals surface area contributed by atoms with Crippen molar-refractivity contribution in [3.63, 3.8) is 0 Å². The second-order valence-corrected chi connectivity index (χ2v) is 9.27. The van der Waals surface area contributed by atoms with Gasteiger partial charge in [-0.3, -0.25) is 4.90 Å². The molecule has 1 aromatic carbocycles. The van der Waals surface area contributed by atoms with E-state index < -0.39 is 0 Å². The van der Waals surface area contributed by atoms with Crippen LogP contribution in [0.1, 0.15) is 17.7 Å². The van der Waals surface area contributed by atoms with Crippen LogP contribution < -0.4 is 10.2 Å². The number of piperazine rings is 2. The number of thiazole rings is 1. The molecule has 2 amide bonds. The zero-order chi connectivity index (χ0) is 21.5. The average Bonchev–Trinajstić information content (AvgIpc) is 3.25. The van der Waals surface area contributed by atoms with Crippen molar-refractivity contribution < 1.29 is 4.79 Å². The van der Waals surface area contributed by atoms with Crippen LogP contribution in [0.2, 0.25) is 0 Å². The van der Waals surface area contributed by atoms with E-state index in [-0.39, 0.29) is 6.03 Å². The lowest BCUT2D eigenvalue weighted by atomic mass is 10.2. The molecule has 2 aliphatic rings. The van der Waals surface area contributed by atoms with Crippen molar-refractivity contribution in [1.82, 2.24) is 25.0 Å². The zero-order valence-electron chi connectivity index (χ0n) is 18.5. The summed E-state index contributed by atoms with van der Waals surface area (Å²) in [6, 6.07) is 10.8. The van der Waals surface area contributed by atoms with Gasteiger partial charge in [-0.15, -0.1) is 11.3 Å². The summed E-state index contributed by atoms with van der Waals surface area (Å²) in [5.74, 6) is 0. The summed E-state index contributed by atoms with van der Waals surface area (Å²) in [6.07, 6.45) is 1.00. The number of urea groups is 1. The van der Waals surface area contributed by atoms with Crippen molar-refractivity contribution in [1.29, 1.82) is 0 Å². The lowest BCUT2D eigenvalue weighted by Crippen LogP contribution is -2.52. The Bertz CT molecular complexity index is 812. The quantitative estimate of drug-likeness (QED) is 0.668. The number of nitrogens with zero attached hydrogens (tertiary/aromatic N) is 5. The molecular weight excluding hydrogens is 408 g/mol. The summed E-state index contributed by atoms with van der Waals surface area (Å²) >= 11 is 1.68. The molecule has 31 heavy (non-hydrogen) atoms. The molecule has 0 spiro atoms. The van der Waals surface area contributed by atoms with Gasteiger partial charge in [0, 0.05) is 70.8 Å². The maximum absolute atomic E-state index is 12.5. The third-order valence-corrected chi connectivity index (χ3v) is 7.10. The molecule has 1 N–H and O–H groups in total. The van der Waals surface area contributed by atoms with Gasteiger partial charge < -0.3 is 20.0 Å². The summed E-state index contributed by atoms with van der Waals surface area (Å²) in [5, 5.41) is 6.26. The van der Waals surface area contributed by atoms with Gasteiger partial charge in [-0.2, -0.15) is 0 Å². The highest BCUT2D eigenvalue weighted by Crippen LogP contribution is 2.21. The molecule has 0 atom stereocenters. The number of hydrogen-bond donors (Lipinski definition) is 1. The first-order chi connectivity index (χ1) is 15.2. The number of carbonyl (C=O) groups is 1. The smallest absolute Gasteiger partial charge is 0.317 e. The fraction of sp³-hybridized carbons (Fsp3) is 0.565. The monoisotopic (exact) mass is 442 g/mol. The topological polar surface area (TPSA) is 55.0 Å². The Morgan fingerprint density at radius 2 is 1.71 bits per heavy atom. The molecule has 0 radical (unpaired) electrons. The molecule has 0 bridgehead atoms. The molecule has 3 heterocycles. The largest absolute Gasteiger partial charge is 0.345 e. The maximum atomic E-state index is 12.5. The molecule has 7 nitrogen and oxygen atoms in total. The SMILES string of the molecule is Cc1csc(N2CCN(C(=O)NCCCN3CCN(Cc4ccccc4)CC3)CC2)n1. The predicted octanol–water partition coefficient (Wildman–Crippen LogP) is 2.49. The predicted molar refractivity (Wildman–Crippen MR) is 127 cm³/mol. The van der Waals surface area contributed by atoms with Gasteiger partial charge in [-0.25, -0.2) is 9.78 Å². The van der Waals surface area contributed by atoms with E-state index >= 15 is 0 Å². The molecular formula is C23H34N6OS. The Kier molecular flexibility index (Phi) is 7.77. The van der Waals surface area contributed by atoms with Crippen molar-refractivity contribution in [3.05, 3.63) is 47.0 Å². The second kappa shape index (κ2) is 10.9. The van der Waals surface area contributed by atoms with Crippen molar-refractivity contribution in [2.24, 2.45) is 0 Å². The van der Waals surface area contributed by atoms with Gasteiger partial charge >= 0.3 is 6.03 Å². The van der Waals surface area contributed by atoms with Gasteiger partial charge in [0.1, 0.15) is 0 Å². The fourth-order valence-corrected chi connectivity index (χ4v) is 5.07. The zero-order valence-corrected chi connectivity index (χ0v) is 19.3. The van der Waals surface area contributed by atoms with Crippen LogP contribution in [0.4, 0.5) is 9.93 Å². The first kappa shape index (κ1) is 22.0. The molecule has 168 valence electrons. The average molecular weight is 443 g/mol. The Hall–Kier alpha value is -2.16. The normalized spacial score (nSPS) is 18.4. The van der Waals surface area contributed by atoms with E-state index in [4.69, 9.17) is 0 Å². The summed E-state index contributed by atoms with van der Waals surface area (Å²) < 4.78 is 0. The Morgan fingerprint density at radius 3 is 2.39 bits per heavy atom. The molecule has 8 heteroatoms. The molecule has 2 aromatic rings. The first-order valence-electron chi connectivity index (χ1n) is 11.4. The van der Waals surface area contributed by atoms with Crippen LogP contribution in [0.5, 0.6) is 0 Å². The number of carbonyl (C=O) groups excluding carboxylic acids is 1. The summed E-state index contributed by atoms with van der Waals surface area (Å²) in [7, 11) is 0.